The van der Waals surface area contributed by atoms with Crippen molar-refractivity contribution in [2.75, 3.05) is 52.9 Å². The number of ether oxygens (including phenoxy) is 5. The molecule has 0 amide bonds. The number of esters is 1. The van der Waals surface area contributed by atoms with Crippen molar-refractivity contribution in [2.45, 2.75) is 304 Å². The van der Waals surface area contributed by atoms with Gasteiger partial charge in [0, 0.05) is 22.2 Å². The van der Waals surface area contributed by atoms with E-state index in [2.05, 4.69) is 81.4 Å². The van der Waals surface area contributed by atoms with Crippen molar-refractivity contribution in [1.29, 1.82) is 0 Å². The van der Waals surface area contributed by atoms with Gasteiger partial charge in [-0.05, 0) is 207 Å². The molecule has 0 spiro atoms. The summed E-state index contributed by atoms with van der Waals surface area (Å²) in [6.45, 7) is 28.5. The third-order valence-corrected chi connectivity index (χ3v) is 35.4. The van der Waals surface area contributed by atoms with Gasteiger partial charge in [-0.2, -0.15) is 0 Å². The van der Waals surface area contributed by atoms with E-state index in [9.17, 15) is 91.3 Å². The number of carbonyl (C=O) groups excluding carboxylic acids is 1. The van der Waals surface area contributed by atoms with Gasteiger partial charge in [0.15, 0.2) is 0 Å². The maximum absolute atomic E-state index is 14.9. The molecule has 23 nitrogen and oxygen atoms in total. The van der Waals surface area contributed by atoms with E-state index >= 15 is 0 Å². The number of fused-ring (bicyclic) bond motifs is 14. The van der Waals surface area contributed by atoms with Gasteiger partial charge in [0.05, 0.1) is 106 Å². The van der Waals surface area contributed by atoms with E-state index < -0.39 is 150 Å². The number of aliphatic hydroxyl groups is 15. The molecular weight excluding hydrogens is 1380 g/mol. The largest absolute Gasteiger partial charge is 0.481 e. The van der Waals surface area contributed by atoms with Gasteiger partial charge in [0.1, 0.15) is 55.4 Å². The molecule has 23 heteroatoms. The number of hydrogen-bond donors (Lipinski definition) is 16. The van der Waals surface area contributed by atoms with E-state index in [-0.39, 0.29) is 120 Å². The summed E-state index contributed by atoms with van der Waals surface area (Å²) in [5.74, 6) is -0.208. The highest BCUT2D eigenvalue weighted by Gasteiger charge is 2.74. The van der Waals surface area contributed by atoms with Crippen molar-refractivity contribution in [3.63, 3.8) is 0 Å². The summed E-state index contributed by atoms with van der Waals surface area (Å²) >= 11 is 0. The molecule has 0 bridgehead atoms. The van der Waals surface area contributed by atoms with Crippen molar-refractivity contribution in [3.05, 3.63) is 23.3 Å². The average molecular weight is 1520 g/mol. The van der Waals surface area contributed by atoms with Crippen molar-refractivity contribution >= 4 is 11.9 Å². The Morgan fingerprint density at radius 3 is 1.36 bits per heavy atom. The molecule has 0 aromatic carbocycles. The molecule has 39 atom stereocenters. The Balaban J connectivity index is 0.000000254. The Bertz CT molecular complexity index is 3260. The monoisotopic (exact) mass is 1510 g/mol. The van der Waals surface area contributed by atoms with Crippen LogP contribution in [0.5, 0.6) is 0 Å². The van der Waals surface area contributed by atoms with Crippen LogP contribution in [0.2, 0.25) is 0 Å². The van der Waals surface area contributed by atoms with Crippen LogP contribution in [-0.4, -0.2) is 244 Å². The second-order valence-electron chi connectivity index (χ2n) is 40.3. The SMILES string of the molecule is CC1C2C3=CCC4C5(C)C[C@@H](O)C(O)[C@@](C)(CO)C5CCC4(C)[C@]3(C)CC[C@]2(C(=O)O)CC[C@H]1C.CC1CC(C)(COCC2C(CO)OC(COCC3OC(COC(=O)C45CC[C@@H](C)C(C)C4C4=CCC6C7(C)C[C@@H](O)C(O)[C@@](C)(CO)C7CCC6(C)[C@]4(C)CC5)C(O)C(O)C3O)C(O)C2O)C(O)C(O)C1O. The van der Waals surface area contributed by atoms with Gasteiger partial charge in [0.25, 0.3) is 0 Å². The second-order valence-corrected chi connectivity index (χ2v) is 40.3. The van der Waals surface area contributed by atoms with Gasteiger partial charge in [-0.25, -0.2) is 0 Å². The number of aliphatic hydroxyl groups excluding tert-OH is 15. The quantitative estimate of drug-likeness (QED) is 0.0697. The smallest absolute Gasteiger partial charge is 0.312 e. The molecule has 30 unspecified atom stereocenters. The van der Waals surface area contributed by atoms with Crippen LogP contribution < -0.4 is 0 Å². The topological polar surface area (TPSA) is 404 Å². The predicted octanol–water partition coefficient (Wildman–Crippen LogP) is 5.63. The van der Waals surface area contributed by atoms with Crippen molar-refractivity contribution < 1.29 is 115 Å². The number of carboxylic acids is 1. The molecule has 0 radical (unpaired) electrons. The van der Waals surface area contributed by atoms with Crippen LogP contribution >= 0.6 is 0 Å². The minimum Gasteiger partial charge on any atom is -0.481 e. The van der Waals surface area contributed by atoms with Gasteiger partial charge in [-0.3, -0.25) is 9.59 Å². The van der Waals surface area contributed by atoms with Crippen LogP contribution in [0.3, 0.4) is 0 Å². The van der Waals surface area contributed by atoms with Crippen LogP contribution in [-0.2, 0) is 33.3 Å². The highest BCUT2D eigenvalue weighted by Crippen LogP contribution is 2.78. The van der Waals surface area contributed by atoms with Gasteiger partial charge >= 0.3 is 11.9 Å². The molecule has 13 rings (SSSR count). The second kappa shape index (κ2) is 29.7. The molecule has 11 aliphatic carbocycles. The summed E-state index contributed by atoms with van der Waals surface area (Å²) in [6, 6.07) is 0. The lowest BCUT2D eigenvalue weighted by atomic mass is 9.33. The highest BCUT2D eigenvalue weighted by atomic mass is 16.6. The molecule has 16 N–H and O–H groups in total. The first-order valence-corrected chi connectivity index (χ1v) is 41.2. The number of aliphatic carboxylic acids is 1. The third-order valence-electron chi connectivity index (χ3n) is 35.4. The number of carboxylic acid groups (broad SMARTS) is 1. The van der Waals surface area contributed by atoms with Gasteiger partial charge < -0.3 is 105 Å². The predicted molar refractivity (Wildman–Crippen MR) is 394 cm³/mol. The summed E-state index contributed by atoms with van der Waals surface area (Å²) in [7, 11) is 0. The minimum atomic E-state index is -1.68. The zero-order valence-electron chi connectivity index (χ0n) is 66.5. The molecule has 2 saturated heterocycles. The van der Waals surface area contributed by atoms with Crippen LogP contribution in [0, 0.1) is 131 Å². The molecule has 11 fully saturated rings. The van der Waals surface area contributed by atoms with Gasteiger partial charge in [0.2, 0.25) is 0 Å². The summed E-state index contributed by atoms with van der Waals surface area (Å²) in [5, 5.41) is 173. The van der Waals surface area contributed by atoms with Gasteiger partial charge in [-0.15, -0.1) is 0 Å². The molecule has 107 heavy (non-hydrogen) atoms. The maximum Gasteiger partial charge on any atom is 0.312 e. The first-order valence-electron chi connectivity index (χ1n) is 41.2. The van der Waals surface area contributed by atoms with Crippen LogP contribution in [0.25, 0.3) is 0 Å². The van der Waals surface area contributed by atoms with E-state index in [1.165, 1.54) is 11.1 Å². The van der Waals surface area contributed by atoms with E-state index in [0.717, 1.165) is 77.0 Å². The zero-order chi connectivity index (χ0) is 78.6. The van der Waals surface area contributed by atoms with Crippen LogP contribution in [0.4, 0.5) is 0 Å². The Morgan fingerprint density at radius 1 is 0.449 bits per heavy atom. The van der Waals surface area contributed by atoms with Crippen molar-refractivity contribution in [3.8, 4) is 0 Å². The molecule has 0 aromatic heterocycles. The van der Waals surface area contributed by atoms with E-state index in [1.54, 1.807) is 13.8 Å². The van der Waals surface area contributed by atoms with Crippen molar-refractivity contribution in [1.82, 2.24) is 0 Å². The maximum atomic E-state index is 14.9. The molecule has 0 aromatic rings. The zero-order valence-corrected chi connectivity index (χ0v) is 66.5. The Hall–Kier alpha value is -2.34. The van der Waals surface area contributed by atoms with Crippen LogP contribution in [0.1, 0.15) is 206 Å². The van der Waals surface area contributed by atoms with Gasteiger partial charge in [-0.1, -0.05) is 120 Å². The fraction of sp³-hybridized carbons (Fsp3) is 0.929. The molecule has 612 valence electrons. The first-order chi connectivity index (χ1) is 49.9. The number of allylic oxidation sites excluding steroid dienone is 4. The Morgan fingerprint density at radius 2 is 0.888 bits per heavy atom. The number of carbonyl (C=O) groups is 2. The third kappa shape index (κ3) is 12.7. The summed E-state index contributed by atoms with van der Waals surface area (Å²) in [5.41, 5.74) is -2.34. The standard InChI is InChI=1S/C54H90O18.C30H48O5/c1-26-11-14-54(16-15-52(7)30(38(54)28(26)3)9-10-37-50(5)18-31(57)46(65)51(6,24-56)36(50)12-13-53(37,52)8)48(67)70-23-35-43(62)44(63)42(61)34(72-35)22-68-21-33-41(60)40(59)29(32(19-55)71-33)20-69-25-49(4)17-27(2)39(58)45(64)47(49)66;1-17-9-12-30(25(34)35)14-13-28(5)19(23(30)18(17)2)7-8-22-26(3)15-20(32)24(33)27(4,16-31)21(26)10-11-29(22,28)6/h9,26-29,31-47,55-66H,10-25H2,1-8H3;7,17-18,20-24,31-33H,8-16H2,1-6H3,(H,34,35)/t26-,27?,28?,29?,31-,32?,33?,34?,35?,36?,37?,38?,39?,40?,41?,42?,43?,44?,45?,46?,47?,49?,50?,51+,52-,53?,54?;17-,18?,20-,21?,22?,23?,24?,26?,27+,28-,29?,30-/m11/s1. The minimum absolute atomic E-state index is 0.00815. The molecule has 2 heterocycles. The lowest BCUT2D eigenvalue weighted by molar-refractivity contribution is -0.254. The van der Waals surface area contributed by atoms with Crippen molar-refractivity contribution in [2.24, 2.45) is 131 Å². The summed E-state index contributed by atoms with van der Waals surface area (Å²) < 4.78 is 30.0. The molecule has 9 saturated carbocycles. The number of hydrogen-bond acceptors (Lipinski definition) is 22. The molecule has 13 aliphatic rings. The fourth-order valence-corrected chi connectivity index (χ4v) is 28.0. The first kappa shape index (κ1) is 84.1. The lowest BCUT2D eigenvalue weighted by Gasteiger charge is -2.71. The highest BCUT2D eigenvalue weighted by molar-refractivity contribution is 5.79. The van der Waals surface area contributed by atoms with E-state index in [1.807, 2.05) is 13.8 Å². The summed E-state index contributed by atoms with van der Waals surface area (Å²) in [6.07, 6.45) is -2.11. The Labute approximate surface area is 634 Å². The molecule has 2 aliphatic heterocycles. The molecular formula is C84H138O23. The average Bonchev–Trinajstić information content (AvgIpc) is 0.677. The van der Waals surface area contributed by atoms with E-state index in [4.69, 9.17) is 23.7 Å². The van der Waals surface area contributed by atoms with Crippen LogP contribution in [0.15, 0.2) is 23.3 Å². The normalized spacial score (nSPS) is 55.6. The lowest BCUT2D eigenvalue weighted by Crippen LogP contribution is -2.68. The van der Waals surface area contributed by atoms with E-state index in [0.29, 0.717) is 55.8 Å². The summed E-state index contributed by atoms with van der Waals surface area (Å²) in [4.78, 5) is 27.7. The number of rotatable bonds is 15. The fourth-order valence-electron chi connectivity index (χ4n) is 28.0. The Kier molecular flexibility index (Phi) is 23.4.